The summed E-state index contributed by atoms with van der Waals surface area (Å²) in [6, 6.07) is 3.45. The molecule has 2 heterocycles. The van der Waals surface area contributed by atoms with Crippen LogP contribution in [0.5, 0.6) is 0 Å². The number of hydrogen-bond donors (Lipinski definition) is 1. The number of aryl methyl sites for hydroxylation is 4. The average molecular weight is 284 g/mol. The van der Waals surface area contributed by atoms with Crippen molar-refractivity contribution in [2.75, 3.05) is 5.32 Å². The van der Waals surface area contributed by atoms with Crippen LogP contribution in [0.15, 0.2) is 12.1 Å². The molecular weight excluding hydrogens is 269 g/mol. The monoisotopic (exact) mass is 284 g/mol. The van der Waals surface area contributed by atoms with Crippen LogP contribution in [0.3, 0.4) is 0 Å². The van der Waals surface area contributed by atoms with Gasteiger partial charge in [-0.2, -0.15) is 18.3 Å². The van der Waals surface area contributed by atoms with Crippen LogP contribution in [0.2, 0.25) is 0 Å². The molecule has 0 unspecified atom stereocenters. The lowest BCUT2D eigenvalue weighted by molar-refractivity contribution is -0.137. The number of halogens is 3. The summed E-state index contributed by atoms with van der Waals surface area (Å²) in [5.41, 5.74) is 0.918. The zero-order valence-electron chi connectivity index (χ0n) is 11.6. The summed E-state index contributed by atoms with van der Waals surface area (Å²) in [5, 5.41) is 6.53. The SMILES string of the molecule is Cc1ccc(Nc2c(C(F)(F)F)c(C)nn2C)nc1C. The van der Waals surface area contributed by atoms with Crippen LogP contribution in [0.4, 0.5) is 24.8 Å². The molecule has 0 bridgehead atoms. The normalized spacial score (nSPS) is 11.8. The zero-order valence-corrected chi connectivity index (χ0v) is 11.6. The van der Waals surface area contributed by atoms with E-state index < -0.39 is 11.7 Å². The van der Waals surface area contributed by atoms with Crippen molar-refractivity contribution in [2.24, 2.45) is 7.05 Å². The largest absolute Gasteiger partial charge is 0.421 e. The molecule has 1 N–H and O–H groups in total. The van der Waals surface area contributed by atoms with Gasteiger partial charge in [0.1, 0.15) is 17.2 Å². The van der Waals surface area contributed by atoms with E-state index in [0.717, 1.165) is 11.3 Å². The number of pyridine rings is 1. The van der Waals surface area contributed by atoms with E-state index in [1.807, 2.05) is 6.92 Å². The van der Waals surface area contributed by atoms with Crippen molar-refractivity contribution in [3.63, 3.8) is 0 Å². The molecule has 0 atom stereocenters. The van der Waals surface area contributed by atoms with Gasteiger partial charge in [0.25, 0.3) is 0 Å². The number of rotatable bonds is 2. The number of anilines is 2. The molecule has 0 saturated carbocycles. The summed E-state index contributed by atoms with van der Waals surface area (Å²) in [7, 11) is 1.46. The number of alkyl halides is 3. The molecule has 2 rings (SSSR count). The summed E-state index contributed by atoms with van der Waals surface area (Å²) < 4.78 is 40.3. The summed E-state index contributed by atoms with van der Waals surface area (Å²) in [6.07, 6.45) is -4.46. The fraction of sp³-hybridized carbons (Fsp3) is 0.385. The number of hydrogen-bond acceptors (Lipinski definition) is 3. The Bertz CT molecular complexity index is 644. The zero-order chi connectivity index (χ0) is 15.1. The lowest BCUT2D eigenvalue weighted by Crippen LogP contribution is -2.11. The highest BCUT2D eigenvalue weighted by Crippen LogP contribution is 2.37. The topological polar surface area (TPSA) is 42.7 Å². The fourth-order valence-corrected chi connectivity index (χ4v) is 1.96. The highest BCUT2D eigenvalue weighted by molar-refractivity contribution is 5.59. The van der Waals surface area contributed by atoms with Crippen LogP contribution >= 0.6 is 0 Å². The molecule has 0 saturated heterocycles. The van der Waals surface area contributed by atoms with E-state index in [1.165, 1.54) is 18.7 Å². The molecule has 2 aromatic heterocycles. The third-order valence-corrected chi connectivity index (χ3v) is 3.10. The van der Waals surface area contributed by atoms with E-state index in [-0.39, 0.29) is 11.5 Å². The molecule has 0 aliphatic heterocycles. The lowest BCUT2D eigenvalue weighted by atomic mass is 10.2. The second-order valence-electron chi connectivity index (χ2n) is 4.65. The van der Waals surface area contributed by atoms with E-state index in [0.29, 0.717) is 5.82 Å². The van der Waals surface area contributed by atoms with Gasteiger partial charge in [-0.3, -0.25) is 4.68 Å². The van der Waals surface area contributed by atoms with Gasteiger partial charge in [-0.05, 0) is 32.4 Å². The Kier molecular flexibility index (Phi) is 3.45. The molecule has 0 amide bonds. The molecule has 0 aliphatic carbocycles. The first kappa shape index (κ1) is 14.4. The minimum absolute atomic E-state index is 0.0636. The molecule has 2 aromatic rings. The molecule has 0 aliphatic rings. The maximum Gasteiger partial charge on any atom is 0.421 e. The molecule has 20 heavy (non-hydrogen) atoms. The van der Waals surface area contributed by atoms with E-state index >= 15 is 0 Å². The Morgan fingerprint density at radius 3 is 2.30 bits per heavy atom. The molecule has 108 valence electrons. The van der Waals surface area contributed by atoms with Gasteiger partial charge in [0.2, 0.25) is 0 Å². The van der Waals surface area contributed by atoms with Crippen LogP contribution < -0.4 is 5.32 Å². The second-order valence-corrected chi connectivity index (χ2v) is 4.65. The Balaban J connectivity index is 2.45. The first-order valence-corrected chi connectivity index (χ1v) is 6.02. The third-order valence-electron chi connectivity index (χ3n) is 3.10. The van der Waals surface area contributed by atoms with Gasteiger partial charge < -0.3 is 5.32 Å². The van der Waals surface area contributed by atoms with Gasteiger partial charge in [-0.15, -0.1) is 0 Å². The molecule has 0 spiro atoms. The summed E-state index contributed by atoms with van der Waals surface area (Å²) in [4.78, 5) is 4.22. The Morgan fingerprint density at radius 1 is 1.10 bits per heavy atom. The maximum atomic E-state index is 13.1. The average Bonchev–Trinajstić information content (AvgIpc) is 2.58. The van der Waals surface area contributed by atoms with Gasteiger partial charge in [0.05, 0.1) is 5.69 Å². The Labute approximate surface area is 114 Å². The van der Waals surface area contributed by atoms with Crippen molar-refractivity contribution < 1.29 is 13.2 Å². The first-order valence-electron chi connectivity index (χ1n) is 6.02. The molecule has 0 fully saturated rings. The number of aromatic nitrogens is 3. The van der Waals surface area contributed by atoms with Crippen LogP contribution in [-0.4, -0.2) is 14.8 Å². The number of nitrogens with zero attached hydrogens (tertiary/aromatic N) is 3. The van der Waals surface area contributed by atoms with E-state index in [9.17, 15) is 13.2 Å². The van der Waals surface area contributed by atoms with Gasteiger partial charge >= 0.3 is 6.18 Å². The summed E-state index contributed by atoms with van der Waals surface area (Å²) >= 11 is 0. The van der Waals surface area contributed by atoms with E-state index in [1.54, 1.807) is 19.1 Å². The van der Waals surface area contributed by atoms with E-state index in [2.05, 4.69) is 15.4 Å². The predicted molar refractivity (Wildman–Crippen MR) is 69.9 cm³/mol. The van der Waals surface area contributed by atoms with Gasteiger partial charge in [0, 0.05) is 12.7 Å². The standard InChI is InChI=1S/C13H15F3N4/c1-7-5-6-10(17-8(7)2)18-12-11(13(14,15)16)9(3)19-20(12)4/h5-6H,1-4H3,(H,17,18). The first-order chi connectivity index (χ1) is 9.20. The van der Waals surface area contributed by atoms with Gasteiger partial charge in [-0.25, -0.2) is 4.98 Å². The highest BCUT2D eigenvalue weighted by Gasteiger charge is 2.38. The maximum absolute atomic E-state index is 13.1. The van der Waals surface area contributed by atoms with Gasteiger partial charge in [0.15, 0.2) is 0 Å². The van der Waals surface area contributed by atoms with Crippen LogP contribution in [-0.2, 0) is 13.2 Å². The lowest BCUT2D eigenvalue weighted by Gasteiger charge is -2.12. The van der Waals surface area contributed by atoms with Crippen molar-refractivity contribution in [1.82, 2.24) is 14.8 Å². The number of nitrogens with one attached hydrogen (secondary N) is 1. The summed E-state index contributed by atoms with van der Waals surface area (Å²) in [5.74, 6) is 0.257. The highest BCUT2D eigenvalue weighted by atomic mass is 19.4. The van der Waals surface area contributed by atoms with Crippen molar-refractivity contribution in [1.29, 1.82) is 0 Å². The molecule has 0 radical (unpaired) electrons. The predicted octanol–water partition coefficient (Wildman–Crippen LogP) is 3.50. The molecule has 4 nitrogen and oxygen atoms in total. The Morgan fingerprint density at radius 2 is 1.75 bits per heavy atom. The van der Waals surface area contributed by atoms with Crippen molar-refractivity contribution in [3.05, 3.63) is 34.6 Å². The third kappa shape index (κ3) is 2.61. The smallest absolute Gasteiger partial charge is 0.325 e. The van der Waals surface area contributed by atoms with Crippen molar-refractivity contribution in [2.45, 2.75) is 26.9 Å². The van der Waals surface area contributed by atoms with Crippen molar-refractivity contribution >= 4 is 11.6 Å². The second kappa shape index (κ2) is 4.81. The molecule has 7 heteroatoms. The van der Waals surface area contributed by atoms with Crippen LogP contribution in [0, 0.1) is 20.8 Å². The minimum Gasteiger partial charge on any atom is -0.325 e. The van der Waals surface area contributed by atoms with E-state index in [4.69, 9.17) is 0 Å². The van der Waals surface area contributed by atoms with Crippen molar-refractivity contribution in [3.8, 4) is 0 Å². The quantitative estimate of drug-likeness (QED) is 0.917. The molecule has 0 aromatic carbocycles. The van der Waals surface area contributed by atoms with Crippen LogP contribution in [0.1, 0.15) is 22.5 Å². The van der Waals surface area contributed by atoms with Crippen LogP contribution in [0.25, 0.3) is 0 Å². The summed E-state index contributed by atoms with van der Waals surface area (Å²) in [6.45, 7) is 5.03. The minimum atomic E-state index is -4.46. The molecular formula is C13H15F3N4. The van der Waals surface area contributed by atoms with Gasteiger partial charge in [-0.1, -0.05) is 6.07 Å². The fourth-order valence-electron chi connectivity index (χ4n) is 1.96. The Hall–Kier alpha value is -2.05.